The third kappa shape index (κ3) is 21.8. The topological polar surface area (TPSA) is 66.5 Å². The quantitative estimate of drug-likeness (QED) is 0.420. The lowest BCUT2D eigenvalue weighted by Gasteiger charge is -2.13. The van der Waals surface area contributed by atoms with Crippen LogP contribution in [-0.2, 0) is 14.4 Å². The van der Waals surface area contributed by atoms with Crippen LogP contribution in [0.25, 0.3) is 0 Å². The minimum Gasteiger partial charge on any atom is -0.342 e. The number of hydrogen-bond acceptors (Lipinski definition) is 4. The van der Waals surface area contributed by atoms with E-state index < -0.39 is 0 Å². The van der Waals surface area contributed by atoms with Crippen LogP contribution in [0.3, 0.4) is 0 Å². The molecule has 0 radical (unpaired) electrons. The SMILES string of the molecule is CC.CCCNC.CN(CCCC=O)C(=O)/C=C\C=O. The zero-order valence-electron chi connectivity index (χ0n) is 13.5. The number of carbonyl (C=O) groups is 3. The van der Waals surface area contributed by atoms with Crippen LogP contribution < -0.4 is 5.32 Å². The fraction of sp³-hybridized carbons (Fsp3) is 0.667. The van der Waals surface area contributed by atoms with Gasteiger partial charge >= 0.3 is 0 Å². The molecule has 0 rings (SSSR count). The van der Waals surface area contributed by atoms with E-state index in [0.29, 0.717) is 25.7 Å². The van der Waals surface area contributed by atoms with Crippen molar-refractivity contribution in [1.29, 1.82) is 0 Å². The molecule has 118 valence electrons. The predicted octanol–water partition coefficient (Wildman–Crippen LogP) is 1.82. The van der Waals surface area contributed by atoms with Gasteiger partial charge in [0.15, 0.2) is 0 Å². The number of unbranched alkanes of at least 4 members (excludes halogenated alkanes) is 1. The van der Waals surface area contributed by atoms with Gasteiger partial charge in [0, 0.05) is 26.1 Å². The largest absolute Gasteiger partial charge is 0.342 e. The minimum atomic E-state index is -0.224. The van der Waals surface area contributed by atoms with Gasteiger partial charge in [-0.1, -0.05) is 20.8 Å². The molecule has 0 aliphatic rings. The van der Waals surface area contributed by atoms with E-state index in [1.165, 1.54) is 17.4 Å². The number of hydrogen-bond donors (Lipinski definition) is 1. The lowest BCUT2D eigenvalue weighted by molar-refractivity contribution is -0.125. The van der Waals surface area contributed by atoms with Crippen molar-refractivity contribution in [1.82, 2.24) is 10.2 Å². The van der Waals surface area contributed by atoms with Gasteiger partial charge in [0.2, 0.25) is 5.91 Å². The highest BCUT2D eigenvalue weighted by molar-refractivity contribution is 5.90. The van der Waals surface area contributed by atoms with Gasteiger partial charge in [-0.05, 0) is 32.5 Å². The Hall–Kier alpha value is -1.49. The van der Waals surface area contributed by atoms with Crippen LogP contribution >= 0.6 is 0 Å². The van der Waals surface area contributed by atoms with Crippen molar-refractivity contribution in [2.24, 2.45) is 0 Å². The number of carbonyl (C=O) groups excluding carboxylic acids is 3. The molecule has 0 fully saturated rings. The predicted molar refractivity (Wildman–Crippen MR) is 83.7 cm³/mol. The van der Waals surface area contributed by atoms with E-state index in [9.17, 15) is 14.4 Å². The smallest absolute Gasteiger partial charge is 0.246 e. The summed E-state index contributed by atoms with van der Waals surface area (Å²) in [7, 11) is 3.59. The Bertz CT molecular complexity index is 252. The Labute approximate surface area is 123 Å². The van der Waals surface area contributed by atoms with Crippen molar-refractivity contribution >= 4 is 18.5 Å². The van der Waals surface area contributed by atoms with Crippen LogP contribution in [0.5, 0.6) is 0 Å². The summed E-state index contributed by atoms with van der Waals surface area (Å²) in [6, 6.07) is 0. The molecule has 0 unspecified atom stereocenters. The summed E-state index contributed by atoms with van der Waals surface area (Å²) in [5, 5.41) is 3.02. The summed E-state index contributed by atoms with van der Waals surface area (Å²) in [5.41, 5.74) is 0. The van der Waals surface area contributed by atoms with E-state index in [1.807, 2.05) is 20.9 Å². The molecule has 1 amide bonds. The number of likely N-dealkylation sites (N-methyl/N-ethyl adjacent to an activating group) is 1. The zero-order chi connectivity index (χ0) is 16.2. The molecule has 0 spiro atoms. The van der Waals surface area contributed by atoms with Gasteiger partial charge < -0.3 is 15.0 Å². The summed E-state index contributed by atoms with van der Waals surface area (Å²) in [4.78, 5) is 32.4. The highest BCUT2D eigenvalue weighted by Gasteiger charge is 2.02. The summed E-state index contributed by atoms with van der Waals surface area (Å²) >= 11 is 0. The van der Waals surface area contributed by atoms with E-state index in [0.717, 1.165) is 18.9 Å². The highest BCUT2D eigenvalue weighted by Crippen LogP contribution is 1.92. The maximum atomic E-state index is 11.1. The van der Waals surface area contributed by atoms with E-state index in [4.69, 9.17) is 0 Å². The molecule has 5 heteroatoms. The monoisotopic (exact) mass is 286 g/mol. The van der Waals surface area contributed by atoms with E-state index in [-0.39, 0.29) is 5.91 Å². The van der Waals surface area contributed by atoms with Crippen molar-refractivity contribution in [3.63, 3.8) is 0 Å². The molecule has 1 N–H and O–H groups in total. The molecule has 0 aliphatic carbocycles. The Morgan fingerprint density at radius 2 is 1.85 bits per heavy atom. The fourth-order valence-corrected chi connectivity index (χ4v) is 1.02. The van der Waals surface area contributed by atoms with Gasteiger partial charge in [0.1, 0.15) is 12.6 Å². The molecule has 0 saturated carbocycles. The Balaban J connectivity index is -0.000000346. The molecule has 20 heavy (non-hydrogen) atoms. The van der Waals surface area contributed by atoms with Gasteiger partial charge in [-0.2, -0.15) is 0 Å². The van der Waals surface area contributed by atoms with Gasteiger partial charge in [-0.25, -0.2) is 0 Å². The van der Waals surface area contributed by atoms with E-state index in [2.05, 4.69) is 12.2 Å². The Morgan fingerprint density at radius 3 is 2.20 bits per heavy atom. The Morgan fingerprint density at radius 1 is 1.25 bits per heavy atom. The lowest BCUT2D eigenvalue weighted by Crippen LogP contribution is -2.25. The number of allylic oxidation sites excluding steroid dienone is 1. The van der Waals surface area contributed by atoms with E-state index >= 15 is 0 Å². The summed E-state index contributed by atoms with van der Waals surface area (Å²) in [6.45, 7) is 7.82. The first-order valence-electron chi connectivity index (χ1n) is 7.09. The second-order valence-corrected chi connectivity index (χ2v) is 3.67. The van der Waals surface area contributed by atoms with Gasteiger partial charge in [0.05, 0.1) is 0 Å². The number of rotatable bonds is 8. The van der Waals surface area contributed by atoms with Crippen LogP contribution in [0.15, 0.2) is 12.2 Å². The molecule has 0 heterocycles. The number of nitrogens with one attached hydrogen (secondary N) is 1. The molecule has 5 nitrogen and oxygen atoms in total. The van der Waals surface area contributed by atoms with Crippen molar-refractivity contribution in [2.75, 3.05) is 27.2 Å². The molecule has 0 aromatic heterocycles. The van der Waals surface area contributed by atoms with Crippen molar-refractivity contribution in [3.05, 3.63) is 12.2 Å². The van der Waals surface area contributed by atoms with Gasteiger partial charge in [-0.3, -0.25) is 9.59 Å². The lowest BCUT2D eigenvalue weighted by atomic mass is 10.3. The molecule has 0 atom stereocenters. The number of amides is 1. The maximum Gasteiger partial charge on any atom is 0.246 e. The highest BCUT2D eigenvalue weighted by atomic mass is 16.2. The summed E-state index contributed by atoms with van der Waals surface area (Å²) in [5.74, 6) is -0.224. The minimum absolute atomic E-state index is 0.224. The molecule has 0 aromatic rings. The third-order valence-electron chi connectivity index (χ3n) is 2.01. The van der Waals surface area contributed by atoms with E-state index in [1.54, 1.807) is 7.05 Å². The average molecular weight is 286 g/mol. The van der Waals surface area contributed by atoms with Crippen LogP contribution in [0.1, 0.15) is 40.0 Å². The first kappa shape index (κ1) is 23.6. The van der Waals surface area contributed by atoms with Crippen molar-refractivity contribution < 1.29 is 14.4 Å². The second kappa shape index (κ2) is 22.7. The standard InChI is InChI=1S/C9H13NO3.C4H11N.C2H6/c1-10(6-2-3-7-11)9(13)5-4-8-12;1-3-4-5-2;1-2/h4-5,7-8H,2-3,6H2,1H3;5H,3-4H2,1-2H3;1-2H3/b5-4-;;. The van der Waals surface area contributed by atoms with Gasteiger partial charge in [0.25, 0.3) is 0 Å². The molecule has 0 aromatic carbocycles. The zero-order valence-corrected chi connectivity index (χ0v) is 13.5. The molecule has 0 bridgehead atoms. The fourth-order valence-electron chi connectivity index (χ4n) is 1.02. The summed E-state index contributed by atoms with van der Waals surface area (Å²) < 4.78 is 0. The molecular weight excluding hydrogens is 256 g/mol. The average Bonchev–Trinajstić information content (AvgIpc) is 2.48. The first-order chi connectivity index (χ1) is 9.63. The number of aldehydes is 2. The van der Waals surface area contributed by atoms with Crippen LogP contribution in [0, 0.1) is 0 Å². The van der Waals surface area contributed by atoms with Crippen molar-refractivity contribution in [2.45, 2.75) is 40.0 Å². The molecule has 0 saturated heterocycles. The maximum absolute atomic E-state index is 11.1. The van der Waals surface area contributed by atoms with Crippen LogP contribution in [-0.4, -0.2) is 50.6 Å². The van der Waals surface area contributed by atoms with Gasteiger partial charge in [-0.15, -0.1) is 0 Å². The Kier molecular flexibility index (Phi) is 26.7. The third-order valence-corrected chi connectivity index (χ3v) is 2.01. The first-order valence-corrected chi connectivity index (χ1v) is 7.09. The van der Waals surface area contributed by atoms with Crippen LogP contribution in [0.4, 0.5) is 0 Å². The summed E-state index contributed by atoms with van der Waals surface area (Å²) in [6.07, 6.45) is 6.06. The normalized spacial score (nSPS) is 8.85. The number of nitrogens with zero attached hydrogens (tertiary/aromatic N) is 1. The second-order valence-electron chi connectivity index (χ2n) is 3.67. The molecule has 0 aliphatic heterocycles. The van der Waals surface area contributed by atoms with Crippen molar-refractivity contribution in [3.8, 4) is 0 Å². The van der Waals surface area contributed by atoms with Crippen LogP contribution in [0.2, 0.25) is 0 Å². The molecular formula is C15H30N2O3.